The fraction of sp³-hybridized carbons (Fsp3) is 0.333. The van der Waals surface area contributed by atoms with E-state index in [1.165, 1.54) is 18.2 Å². The zero-order valence-corrected chi connectivity index (χ0v) is 16.2. The number of carbonyl (C=O) groups excluding carboxylic acids is 1. The number of alkyl halides is 3. The van der Waals surface area contributed by atoms with E-state index in [4.69, 9.17) is 9.26 Å². The van der Waals surface area contributed by atoms with Crippen molar-refractivity contribution >= 4 is 5.91 Å². The number of hydrogen-bond acceptors (Lipinski definition) is 4. The van der Waals surface area contributed by atoms with Crippen LogP contribution in [0.1, 0.15) is 46.9 Å². The Labute approximate surface area is 170 Å². The SMILES string of the molecule is CC[C@H]1c2cccn2CCN1C(=O)c1cc(COc2cccc(C(F)(F)F)c2)on1. The predicted octanol–water partition coefficient (Wildman–Crippen LogP) is 4.68. The van der Waals surface area contributed by atoms with Gasteiger partial charge in [-0.15, -0.1) is 0 Å². The normalized spacial score (nSPS) is 16.4. The van der Waals surface area contributed by atoms with Crippen molar-refractivity contribution in [2.75, 3.05) is 6.54 Å². The maximum absolute atomic E-state index is 13.0. The van der Waals surface area contributed by atoms with E-state index in [1.54, 1.807) is 4.90 Å². The van der Waals surface area contributed by atoms with Crippen LogP contribution in [0.5, 0.6) is 5.75 Å². The molecular formula is C21H20F3N3O3. The predicted molar refractivity (Wildman–Crippen MR) is 101 cm³/mol. The molecule has 0 N–H and O–H groups in total. The Hall–Kier alpha value is -3.23. The molecule has 0 aliphatic carbocycles. The lowest BCUT2D eigenvalue weighted by atomic mass is 10.1. The van der Waals surface area contributed by atoms with Crippen LogP contribution in [0.15, 0.2) is 53.2 Å². The number of carbonyl (C=O) groups is 1. The summed E-state index contributed by atoms with van der Waals surface area (Å²) in [4.78, 5) is 14.7. The lowest BCUT2D eigenvalue weighted by molar-refractivity contribution is -0.137. The Balaban J connectivity index is 1.44. The van der Waals surface area contributed by atoms with Crippen molar-refractivity contribution in [1.29, 1.82) is 0 Å². The van der Waals surface area contributed by atoms with Gasteiger partial charge in [-0.25, -0.2) is 0 Å². The van der Waals surface area contributed by atoms with E-state index >= 15 is 0 Å². The molecule has 4 rings (SSSR count). The maximum atomic E-state index is 13.0. The molecule has 3 heterocycles. The molecule has 0 unspecified atom stereocenters. The van der Waals surface area contributed by atoms with Crippen LogP contribution < -0.4 is 4.74 Å². The number of rotatable bonds is 5. The maximum Gasteiger partial charge on any atom is 0.416 e. The summed E-state index contributed by atoms with van der Waals surface area (Å²) in [7, 11) is 0. The molecular weight excluding hydrogens is 399 g/mol. The Morgan fingerprint density at radius 2 is 2.07 bits per heavy atom. The molecule has 30 heavy (non-hydrogen) atoms. The van der Waals surface area contributed by atoms with Crippen LogP contribution in [0, 0.1) is 0 Å². The molecule has 0 spiro atoms. The molecule has 1 aliphatic heterocycles. The van der Waals surface area contributed by atoms with E-state index in [-0.39, 0.29) is 35.8 Å². The molecule has 0 fully saturated rings. The highest BCUT2D eigenvalue weighted by atomic mass is 19.4. The molecule has 158 valence electrons. The molecule has 3 aromatic rings. The van der Waals surface area contributed by atoms with Crippen molar-refractivity contribution in [2.24, 2.45) is 0 Å². The van der Waals surface area contributed by atoms with E-state index < -0.39 is 11.7 Å². The van der Waals surface area contributed by atoms with Gasteiger partial charge in [-0.1, -0.05) is 18.1 Å². The van der Waals surface area contributed by atoms with Gasteiger partial charge in [0.05, 0.1) is 11.6 Å². The highest BCUT2D eigenvalue weighted by Gasteiger charge is 2.32. The summed E-state index contributed by atoms with van der Waals surface area (Å²) >= 11 is 0. The van der Waals surface area contributed by atoms with Gasteiger partial charge in [0.15, 0.2) is 11.5 Å². The minimum absolute atomic E-state index is 0.0527. The summed E-state index contributed by atoms with van der Waals surface area (Å²) in [6, 6.07) is 9.96. The summed E-state index contributed by atoms with van der Waals surface area (Å²) in [5, 5.41) is 3.84. The third-order valence-electron chi connectivity index (χ3n) is 5.13. The van der Waals surface area contributed by atoms with Gasteiger partial charge in [0.25, 0.3) is 5.91 Å². The van der Waals surface area contributed by atoms with Gasteiger partial charge in [-0.05, 0) is 36.8 Å². The highest BCUT2D eigenvalue weighted by Crippen LogP contribution is 2.32. The number of aromatic nitrogens is 2. The first kappa shape index (κ1) is 20.1. The summed E-state index contributed by atoms with van der Waals surface area (Å²) in [5.41, 5.74) is 0.429. The van der Waals surface area contributed by atoms with E-state index in [9.17, 15) is 18.0 Å². The number of ether oxygens (including phenoxy) is 1. The van der Waals surface area contributed by atoms with Crippen LogP contribution in [0.4, 0.5) is 13.2 Å². The summed E-state index contributed by atoms with van der Waals surface area (Å²) in [5.74, 6) is 0.0597. The van der Waals surface area contributed by atoms with Crippen molar-refractivity contribution < 1.29 is 27.2 Å². The van der Waals surface area contributed by atoms with Crippen molar-refractivity contribution in [3.05, 3.63) is 71.4 Å². The molecule has 1 atom stereocenters. The van der Waals surface area contributed by atoms with Gasteiger partial charge in [0.1, 0.15) is 12.4 Å². The third-order valence-corrected chi connectivity index (χ3v) is 5.13. The van der Waals surface area contributed by atoms with Crippen molar-refractivity contribution in [2.45, 2.75) is 38.7 Å². The summed E-state index contributed by atoms with van der Waals surface area (Å²) in [6.07, 6.45) is -1.69. The minimum Gasteiger partial charge on any atom is -0.486 e. The Morgan fingerprint density at radius 1 is 1.23 bits per heavy atom. The minimum atomic E-state index is -4.45. The second-order valence-corrected chi connectivity index (χ2v) is 7.04. The molecule has 1 aromatic carbocycles. The third kappa shape index (κ3) is 3.92. The van der Waals surface area contributed by atoms with E-state index in [0.717, 1.165) is 24.2 Å². The Bertz CT molecular complexity index is 1040. The second-order valence-electron chi connectivity index (χ2n) is 7.04. The quantitative estimate of drug-likeness (QED) is 0.603. The monoisotopic (exact) mass is 419 g/mol. The molecule has 0 saturated heterocycles. The number of fused-ring (bicyclic) bond motifs is 1. The number of halogens is 3. The van der Waals surface area contributed by atoms with Crippen LogP contribution in [-0.4, -0.2) is 27.1 Å². The van der Waals surface area contributed by atoms with Crippen LogP contribution in [0.25, 0.3) is 0 Å². The number of benzene rings is 1. The average molecular weight is 419 g/mol. The second kappa shape index (κ2) is 7.89. The molecule has 9 heteroatoms. The summed E-state index contributed by atoms with van der Waals surface area (Å²) in [6.45, 7) is 3.14. The first-order valence-electron chi connectivity index (χ1n) is 9.58. The van der Waals surface area contributed by atoms with Crippen molar-refractivity contribution in [3.8, 4) is 5.75 Å². The summed E-state index contributed by atoms with van der Waals surface area (Å²) < 4.78 is 51.1. The largest absolute Gasteiger partial charge is 0.486 e. The fourth-order valence-electron chi connectivity index (χ4n) is 3.68. The van der Waals surface area contributed by atoms with Crippen LogP contribution in [0.2, 0.25) is 0 Å². The zero-order chi connectivity index (χ0) is 21.3. The first-order chi connectivity index (χ1) is 14.4. The van der Waals surface area contributed by atoms with E-state index in [2.05, 4.69) is 9.72 Å². The lowest BCUT2D eigenvalue weighted by Crippen LogP contribution is -2.41. The fourth-order valence-corrected chi connectivity index (χ4v) is 3.68. The zero-order valence-electron chi connectivity index (χ0n) is 16.2. The molecule has 6 nitrogen and oxygen atoms in total. The van der Waals surface area contributed by atoms with Crippen LogP contribution in [-0.2, 0) is 19.3 Å². The first-order valence-corrected chi connectivity index (χ1v) is 9.58. The van der Waals surface area contributed by atoms with Crippen LogP contribution in [0.3, 0.4) is 0 Å². The standard InChI is InChI=1S/C21H20F3N3O3/c1-2-18-19-7-4-8-26(19)9-10-27(18)20(28)17-12-16(30-25-17)13-29-15-6-3-5-14(11-15)21(22,23)24/h3-8,11-12,18H,2,9-10,13H2,1H3/t18-/m0/s1. The number of nitrogens with zero attached hydrogens (tertiary/aromatic N) is 3. The number of amides is 1. The topological polar surface area (TPSA) is 60.5 Å². The Kier molecular flexibility index (Phi) is 5.27. The van der Waals surface area contributed by atoms with Crippen molar-refractivity contribution in [1.82, 2.24) is 14.6 Å². The molecule has 0 radical (unpaired) electrons. The van der Waals surface area contributed by atoms with Gasteiger partial charge in [0, 0.05) is 31.0 Å². The number of hydrogen-bond donors (Lipinski definition) is 0. The molecule has 2 aromatic heterocycles. The van der Waals surface area contributed by atoms with Gasteiger partial charge in [-0.2, -0.15) is 13.2 Å². The van der Waals surface area contributed by atoms with E-state index in [1.807, 2.05) is 25.3 Å². The molecule has 1 amide bonds. The average Bonchev–Trinajstić information content (AvgIpc) is 3.40. The van der Waals surface area contributed by atoms with E-state index in [0.29, 0.717) is 13.1 Å². The highest BCUT2D eigenvalue weighted by molar-refractivity contribution is 5.92. The van der Waals surface area contributed by atoms with Crippen LogP contribution >= 0.6 is 0 Å². The van der Waals surface area contributed by atoms with Gasteiger partial charge in [0.2, 0.25) is 0 Å². The van der Waals surface area contributed by atoms with Gasteiger partial charge in [-0.3, -0.25) is 4.79 Å². The Morgan fingerprint density at radius 3 is 2.83 bits per heavy atom. The van der Waals surface area contributed by atoms with Crippen molar-refractivity contribution in [3.63, 3.8) is 0 Å². The lowest BCUT2D eigenvalue weighted by Gasteiger charge is -2.36. The van der Waals surface area contributed by atoms with Gasteiger partial charge >= 0.3 is 6.18 Å². The molecule has 1 aliphatic rings. The van der Waals surface area contributed by atoms with Gasteiger partial charge < -0.3 is 18.7 Å². The molecule has 0 saturated carbocycles. The molecule has 0 bridgehead atoms. The smallest absolute Gasteiger partial charge is 0.416 e.